The molecule has 0 radical (unpaired) electrons. The van der Waals surface area contributed by atoms with Crippen molar-refractivity contribution in [1.29, 1.82) is 0 Å². The quantitative estimate of drug-likeness (QED) is 0.837. The molecule has 21 heavy (non-hydrogen) atoms. The minimum atomic E-state index is -0.166. The summed E-state index contributed by atoms with van der Waals surface area (Å²) in [7, 11) is 1.50. The first-order valence-electron chi connectivity index (χ1n) is 6.55. The SMILES string of the molecule is COCC(=O)Nc1cccc(NCc2ccccc2Br)c1. The number of carbonyl (C=O) groups is 1. The highest BCUT2D eigenvalue weighted by molar-refractivity contribution is 9.10. The Kier molecular flexibility index (Phi) is 5.78. The van der Waals surface area contributed by atoms with Crippen LogP contribution in [0.5, 0.6) is 0 Å². The van der Waals surface area contributed by atoms with Gasteiger partial charge in [0.15, 0.2) is 0 Å². The summed E-state index contributed by atoms with van der Waals surface area (Å²) in [5.41, 5.74) is 2.86. The van der Waals surface area contributed by atoms with Crippen LogP contribution in [0.1, 0.15) is 5.56 Å². The van der Waals surface area contributed by atoms with E-state index >= 15 is 0 Å². The maximum atomic E-state index is 11.5. The highest BCUT2D eigenvalue weighted by Crippen LogP contribution is 2.19. The third kappa shape index (κ3) is 4.88. The molecule has 110 valence electrons. The lowest BCUT2D eigenvalue weighted by atomic mass is 10.2. The number of methoxy groups -OCH3 is 1. The molecule has 4 nitrogen and oxygen atoms in total. The molecule has 0 saturated carbocycles. The van der Waals surface area contributed by atoms with E-state index in [1.807, 2.05) is 42.5 Å². The number of carbonyl (C=O) groups excluding carboxylic acids is 1. The van der Waals surface area contributed by atoms with Gasteiger partial charge >= 0.3 is 0 Å². The van der Waals surface area contributed by atoms with E-state index < -0.39 is 0 Å². The summed E-state index contributed by atoms with van der Waals surface area (Å²) in [5, 5.41) is 6.11. The number of anilines is 2. The molecule has 0 atom stereocenters. The van der Waals surface area contributed by atoms with Crippen molar-refractivity contribution < 1.29 is 9.53 Å². The van der Waals surface area contributed by atoms with E-state index in [0.29, 0.717) is 6.54 Å². The fraction of sp³-hybridized carbons (Fsp3) is 0.188. The Morgan fingerprint density at radius 3 is 2.67 bits per heavy atom. The molecule has 0 spiro atoms. The zero-order valence-electron chi connectivity index (χ0n) is 11.7. The number of nitrogens with one attached hydrogen (secondary N) is 2. The molecule has 2 aromatic carbocycles. The van der Waals surface area contributed by atoms with Crippen molar-refractivity contribution in [3.63, 3.8) is 0 Å². The van der Waals surface area contributed by atoms with Gasteiger partial charge in [0.1, 0.15) is 6.61 Å². The van der Waals surface area contributed by atoms with Gasteiger partial charge in [0.2, 0.25) is 5.91 Å². The monoisotopic (exact) mass is 348 g/mol. The van der Waals surface area contributed by atoms with Crippen molar-refractivity contribution in [3.05, 3.63) is 58.6 Å². The van der Waals surface area contributed by atoms with Crippen LogP contribution >= 0.6 is 15.9 Å². The van der Waals surface area contributed by atoms with Gasteiger partial charge in [-0.15, -0.1) is 0 Å². The Labute approximate surface area is 132 Å². The molecule has 0 aromatic heterocycles. The van der Waals surface area contributed by atoms with Gasteiger partial charge in [0.25, 0.3) is 0 Å². The number of hydrogen-bond donors (Lipinski definition) is 2. The van der Waals surface area contributed by atoms with Crippen molar-refractivity contribution in [1.82, 2.24) is 0 Å². The van der Waals surface area contributed by atoms with E-state index in [4.69, 9.17) is 4.74 Å². The summed E-state index contributed by atoms with van der Waals surface area (Å²) < 4.78 is 5.86. The Hall–Kier alpha value is -1.85. The van der Waals surface area contributed by atoms with Crippen molar-refractivity contribution in [2.24, 2.45) is 0 Å². The Bertz CT molecular complexity index is 617. The minimum absolute atomic E-state index is 0.0502. The largest absolute Gasteiger partial charge is 0.381 e. The summed E-state index contributed by atoms with van der Waals surface area (Å²) in [6.07, 6.45) is 0. The molecule has 2 N–H and O–H groups in total. The lowest BCUT2D eigenvalue weighted by Gasteiger charge is -2.10. The second-order valence-electron chi connectivity index (χ2n) is 4.51. The van der Waals surface area contributed by atoms with Gasteiger partial charge in [-0.25, -0.2) is 0 Å². The topological polar surface area (TPSA) is 50.4 Å². The van der Waals surface area contributed by atoms with Crippen LogP contribution in [-0.4, -0.2) is 19.6 Å². The normalized spacial score (nSPS) is 10.2. The van der Waals surface area contributed by atoms with Crippen LogP contribution in [0.2, 0.25) is 0 Å². The number of rotatable bonds is 6. The predicted octanol–water partition coefficient (Wildman–Crippen LogP) is 3.65. The van der Waals surface area contributed by atoms with Crippen molar-refractivity contribution in [2.75, 3.05) is 24.4 Å². The van der Waals surface area contributed by atoms with E-state index in [-0.39, 0.29) is 12.5 Å². The highest BCUT2D eigenvalue weighted by atomic mass is 79.9. The lowest BCUT2D eigenvalue weighted by Crippen LogP contribution is -2.17. The van der Waals surface area contributed by atoms with Crippen LogP contribution in [0.15, 0.2) is 53.0 Å². The third-order valence-electron chi connectivity index (χ3n) is 2.86. The van der Waals surface area contributed by atoms with Gasteiger partial charge in [-0.3, -0.25) is 4.79 Å². The molecule has 0 aliphatic rings. The Balaban J connectivity index is 1.98. The van der Waals surface area contributed by atoms with Gasteiger partial charge in [-0.2, -0.15) is 0 Å². The molecular weight excluding hydrogens is 332 g/mol. The lowest BCUT2D eigenvalue weighted by molar-refractivity contribution is -0.119. The summed E-state index contributed by atoms with van der Waals surface area (Å²) in [5.74, 6) is -0.166. The summed E-state index contributed by atoms with van der Waals surface area (Å²) >= 11 is 3.52. The summed E-state index contributed by atoms with van der Waals surface area (Å²) in [4.78, 5) is 11.5. The van der Waals surface area contributed by atoms with Gasteiger partial charge in [0.05, 0.1) is 0 Å². The van der Waals surface area contributed by atoms with Gasteiger partial charge in [0, 0.05) is 29.5 Å². The molecule has 0 heterocycles. The molecule has 0 fully saturated rings. The Morgan fingerprint density at radius 1 is 1.14 bits per heavy atom. The van der Waals surface area contributed by atoms with Crippen molar-refractivity contribution in [3.8, 4) is 0 Å². The first kappa shape index (κ1) is 15.5. The van der Waals surface area contributed by atoms with Crippen LogP contribution < -0.4 is 10.6 Å². The first-order chi connectivity index (χ1) is 10.2. The van der Waals surface area contributed by atoms with Crippen molar-refractivity contribution in [2.45, 2.75) is 6.54 Å². The molecule has 2 rings (SSSR count). The van der Waals surface area contributed by atoms with E-state index in [9.17, 15) is 4.79 Å². The van der Waals surface area contributed by atoms with Gasteiger partial charge < -0.3 is 15.4 Å². The molecule has 0 unspecified atom stereocenters. The fourth-order valence-corrected chi connectivity index (χ4v) is 2.30. The van der Waals surface area contributed by atoms with Crippen LogP contribution in [0, 0.1) is 0 Å². The smallest absolute Gasteiger partial charge is 0.250 e. The van der Waals surface area contributed by atoms with E-state index in [2.05, 4.69) is 32.6 Å². The molecule has 1 amide bonds. The highest BCUT2D eigenvalue weighted by Gasteiger charge is 2.03. The number of hydrogen-bond acceptors (Lipinski definition) is 3. The number of halogens is 1. The molecular formula is C16H17BrN2O2. The summed E-state index contributed by atoms with van der Waals surface area (Å²) in [6, 6.07) is 15.7. The first-order valence-corrected chi connectivity index (χ1v) is 7.34. The average molecular weight is 349 g/mol. The molecule has 0 aliphatic heterocycles. The molecule has 0 aliphatic carbocycles. The zero-order chi connectivity index (χ0) is 15.1. The van der Waals surface area contributed by atoms with E-state index in [1.165, 1.54) is 12.7 Å². The summed E-state index contributed by atoms with van der Waals surface area (Å²) in [6.45, 7) is 0.755. The van der Waals surface area contributed by atoms with Gasteiger partial charge in [-0.1, -0.05) is 40.2 Å². The predicted molar refractivity (Wildman–Crippen MR) is 88.4 cm³/mol. The molecule has 5 heteroatoms. The number of amides is 1. The van der Waals surface area contributed by atoms with Gasteiger partial charge in [-0.05, 0) is 29.8 Å². The number of ether oxygens (including phenoxy) is 1. The maximum Gasteiger partial charge on any atom is 0.250 e. The molecule has 2 aromatic rings. The van der Waals surface area contributed by atoms with Crippen LogP contribution in [-0.2, 0) is 16.1 Å². The molecule has 0 bridgehead atoms. The van der Waals surface area contributed by atoms with E-state index in [0.717, 1.165) is 15.8 Å². The maximum absolute atomic E-state index is 11.5. The standard InChI is InChI=1S/C16H17BrN2O2/c1-21-11-16(20)19-14-7-4-6-13(9-14)18-10-12-5-2-3-8-15(12)17/h2-9,18H,10-11H2,1H3,(H,19,20). The minimum Gasteiger partial charge on any atom is -0.381 e. The average Bonchev–Trinajstić information content (AvgIpc) is 2.47. The van der Waals surface area contributed by atoms with Crippen molar-refractivity contribution >= 4 is 33.2 Å². The van der Waals surface area contributed by atoms with Crippen LogP contribution in [0.3, 0.4) is 0 Å². The second kappa shape index (κ2) is 7.81. The molecule has 0 saturated heterocycles. The second-order valence-corrected chi connectivity index (χ2v) is 5.36. The zero-order valence-corrected chi connectivity index (χ0v) is 13.3. The van der Waals surface area contributed by atoms with E-state index in [1.54, 1.807) is 0 Å². The van der Waals surface area contributed by atoms with Crippen LogP contribution in [0.4, 0.5) is 11.4 Å². The Morgan fingerprint density at radius 2 is 1.90 bits per heavy atom. The number of benzene rings is 2. The fourth-order valence-electron chi connectivity index (χ4n) is 1.87. The van der Waals surface area contributed by atoms with Crippen LogP contribution in [0.25, 0.3) is 0 Å². The third-order valence-corrected chi connectivity index (χ3v) is 3.64.